The highest BCUT2D eigenvalue weighted by Gasteiger charge is 2.13. The van der Waals surface area contributed by atoms with Gasteiger partial charge in [0.1, 0.15) is 11.6 Å². The van der Waals surface area contributed by atoms with Gasteiger partial charge in [-0.3, -0.25) is 0 Å². The van der Waals surface area contributed by atoms with Crippen LogP contribution in [-0.2, 0) is 6.42 Å². The summed E-state index contributed by atoms with van der Waals surface area (Å²) in [7, 11) is 0. The number of hydrogen-bond acceptors (Lipinski definition) is 0. The summed E-state index contributed by atoms with van der Waals surface area (Å²) in [6.45, 7) is 1.83. The zero-order valence-electron chi connectivity index (χ0n) is 9.96. The molecule has 94 valence electrons. The van der Waals surface area contributed by atoms with Gasteiger partial charge < -0.3 is 0 Å². The maximum absolute atomic E-state index is 13.7. The normalized spacial score (nSPS) is 12.4. The van der Waals surface area contributed by atoms with E-state index in [1.54, 1.807) is 18.2 Å². The first kappa shape index (κ1) is 13.0. The largest absolute Gasteiger partial charge is 0.207 e. The molecule has 0 radical (unpaired) electrons. The van der Waals surface area contributed by atoms with E-state index >= 15 is 0 Å². The number of hydrogen-bond donors (Lipinski definition) is 0. The Hall–Kier alpha value is -1.41. The van der Waals surface area contributed by atoms with Crippen LogP contribution in [0.4, 0.5) is 8.78 Å². The van der Waals surface area contributed by atoms with E-state index in [9.17, 15) is 8.78 Å². The third kappa shape index (κ3) is 3.08. The van der Waals surface area contributed by atoms with Crippen LogP contribution in [0.25, 0.3) is 0 Å². The quantitative estimate of drug-likeness (QED) is 0.701. The zero-order valence-corrected chi connectivity index (χ0v) is 10.7. The van der Waals surface area contributed by atoms with Crippen molar-refractivity contribution in [3.8, 4) is 0 Å². The Labute approximate surface area is 110 Å². The summed E-state index contributed by atoms with van der Waals surface area (Å²) in [4.78, 5) is 0. The summed E-state index contributed by atoms with van der Waals surface area (Å²) in [5.41, 5.74) is 2.23. The van der Waals surface area contributed by atoms with Gasteiger partial charge in [0, 0.05) is 5.56 Å². The molecule has 1 atom stereocenters. The van der Waals surface area contributed by atoms with Crippen molar-refractivity contribution in [2.24, 2.45) is 0 Å². The minimum Gasteiger partial charge on any atom is -0.207 e. The Balaban J connectivity index is 2.16. The number of aryl methyl sites for hydroxylation is 1. The van der Waals surface area contributed by atoms with Crippen LogP contribution in [0.3, 0.4) is 0 Å². The second-order valence-electron chi connectivity index (χ2n) is 4.32. The summed E-state index contributed by atoms with van der Waals surface area (Å²) in [6.07, 6.45) is 0.474. The molecule has 0 saturated heterocycles. The second-order valence-corrected chi connectivity index (χ2v) is 4.85. The lowest BCUT2D eigenvalue weighted by atomic mass is 10.0. The highest BCUT2D eigenvalue weighted by atomic mass is 35.5. The molecule has 3 heteroatoms. The lowest BCUT2D eigenvalue weighted by Crippen LogP contribution is -1.99. The third-order valence-electron chi connectivity index (χ3n) is 2.82. The fourth-order valence-corrected chi connectivity index (χ4v) is 2.18. The van der Waals surface area contributed by atoms with Gasteiger partial charge in [-0.05, 0) is 42.7 Å². The molecular weight excluding hydrogens is 254 g/mol. The van der Waals surface area contributed by atoms with E-state index in [0.29, 0.717) is 12.0 Å². The van der Waals surface area contributed by atoms with E-state index in [1.807, 2.05) is 13.0 Å². The first-order chi connectivity index (χ1) is 8.56. The van der Waals surface area contributed by atoms with E-state index in [-0.39, 0.29) is 11.6 Å². The van der Waals surface area contributed by atoms with E-state index in [4.69, 9.17) is 11.6 Å². The molecule has 0 amide bonds. The molecule has 0 aliphatic heterocycles. The third-order valence-corrected chi connectivity index (χ3v) is 3.21. The van der Waals surface area contributed by atoms with Gasteiger partial charge in [-0.25, -0.2) is 8.78 Å². The van der Waals surface area contributed by atoms with Crippen LogP contribution in [-0.4, -0.2) is 0 Å². The number of benzene rings is 2. The van der Waals surface area contributed by atoms with E-state index in [2.05, 4.69) is 0 Å². The number of rotatable bonds is 3. The smallest absolute Gasteiger partial charge is 0.128 e. The summed E-state index contributed by atoms with van der Waals surface area (Å²) < 4.78 is 26.5. The molecule has 2 rings (SSSR count). The van der Waals surface area contributed by atoms with E-state index in [1.165, 1.54) is 18.2 Å². The fraction of sp³-hybridized carbons (Fsp3) is 0.200. The monoisotopic (exact) mass is 266 g/mol. The number of alkyl halides is 1. The fourth-order valence-electron chi connectivity index (χ4n) is 1.82. The van der Waals surface area contributed by atoms with Crippen LogP contribution in [0.5, 0.6) is 0 Å². The van der Waals surface area contributed by atoms with Crippen LogP contribution in [0, 0.1) is 18.6 Å². The first-order valence-corrected chi connectivity index (χ1v) is 6.14. The zero-order chi connectivity index (χ0) is 13.1. The summed E-state index contributed by atoms with van der Waals surface area (Å²) >= 11 is 6.20. The predicted octanol–water partition coefficient (Wildman–Crippen LogP) is 4.80. The van der Waals surface area contributed by atoms with Crippen LogP contribution in [0.15, 0.2) is 42.5 Å². The highest BCUT2D eigenvalue weighted by Crippen LogP contribution is 2.27. The van der Waals surface area contributed by atoms with Crippen molar-refractivity contribution in [3.05, 3.63) is 70.8 Å². The Morgan fingerprint density at radius 3 is 2.33 bits per heavy atom. The lowest BCUT2D eigenvalue weighted by Gasteiger charge is -2.11. The molecule has 0 heterocycles. The molecule has 2 aromatic carbocycles. The van der Waals surface area contributed by atoms with Gasteiger partial charge in [0.05, 0.1) is 5.38 Å². The topological polar surface area (TPSA) is 0 Å². The van der Waals surface area contributed by atoms with E-state index < -0.39 is 5.38 Å². The maximum atomic E-state index is 13.7. The van der Waals surface area contributed by atoms with Gasteiger partial charge in [0.2, 0.25) is 0 Å². The molecule has 18 heavy (non-hydrogen) atoms. The van der Waals surface area contributed by atoms with Crippen LogP contribution < -0.4 is 0 Å². The predicted molar refractivity (Wildman–Crippen MR) is 69.8 cm³/mol. The Kier molecular flexibility index (Phi) is 3.97. The van der Waals surface area contributed by atoms with Crippen molar-refractivity contribution in [1.82, 2.24) is 0 Å². The minimum absolute atomic E-state index is 0.286. The van der Waals surface area contributed by atoms with Gasteiger partial charge in [-0.2, -0.15) is 0 Å². The van der Waals surface area contributed by atoms with Gasteiger partial charge in [0.25, 0.3) is 0 Å². The molecule has 0 aliphatic rings. The van der Waals surface area contributed by atoms with E-state index in [0.717, 1.165) is 11.1 Å². The maximum Gasteiger partial charge on any atom is 0.128 e. The van der Waals surface area contributed by atoms with Crippen molar-refractivity contribution < 1.29 is 8.78 Å². The summed E-state index contributed by atoms with van der Waals surface area (Å²) in [5.74, 6) is -0.580. The van der Waals surface area contributed by atoms with Gasteiger partial charge in [0.15, 0.2) is 0 Å². The summed E-state index contributed by atoms with van der Waals surface area (Å²) in [6, 6.07) is 11.1. The summed E-state index contributed by atoms with van der Waals surface area (Å²) in [5, 5.41) is -0.448. The molecule has 0 aliphatic carbocycles. The van der Waals surface area contributed by atoms with Gasteiger partial charge in [-0.15, -0.1) is 11.6 Å². The van der Waals surface area contributed by atoms with Crippen molar-refractivity contribution >= 4 is 11.6 Å². The van der Waals surface area contributed by atoms with Crippen LogP contribution in [0.2, 0.25) is 0 Å². The molecule has 0 spiro atoms. The molecule has 0 aromatic heterocycles. The van der Waals surface area contributed by atoms with Crippen LogP contribution in [0.1, 0.15) is 22.1 Å². The highest BCUT2D eigenvalue weighted by molar-refractivity contribution is 6.20. The second kappa shape index (κ2) is 5.49. The minimum atomic E-state index is -0.448. The Morgan fingerprint density at radius 1 is 1.06 bits per heavy atom. The van der Waals surface area contributed by atoms with Gasteiger partial charge >= 0.3 is 0 Å². The van der Waals surface area contributed by atoms with Crippen LogP contribution >= 0.6 is 11.6 Å². The molecule has 1 unspecified atom stereocenters. The van der Waals surface area contributed by atoms with Crippen molar-refractivity contribution in [1.29, 1.82) is 0 Å². The lowest BCUT2D eigenvalue weighted by molar-refractivity contribution is 0.604. The molecule has 0 saturated carbocycles. The molecule has 0 nitrogen and oxygen atoms in total. The number of halogens is 3. The molecule has 0 N–H and O–H groups in total. The van der Waals surface area contributed by atoms with Crippen molar-refractivity contribution in [2.75, 3.05) is 0 Å². The first-order valence-electron chi connectivity index (χ1n) is 5.71. The van der Waals surface area contributed by atoms with Crippen molar-refractivity contribution in [2.45, 2.75) is 18.7 Å². The molecular formula is C15H13ClF2. The average molecular weight is 267 g/mol. The van der Waals surface area contributed by atoms with Gasteiger partial charge in [-0.1, -0.05) is 24.3 Å². The standard InChI is InChI=1S/C15H13ClF2/c1-10-2-7-13(15(18)8-10)14(16)9-11-3-5-12(17)6-4-11/h2-8,14H,9H2,1H3. The molecule has 2 aromatic rings. The van der Waals surface area contributed by atoms with Crippen molar-refractivity contribution in [3.63, 3.8) is 0 Å². The molecule has 0 fully saturated rings. The Bertz CT molecular complexity index is 535. The average Bonchev–Trinajstić information content (AvgIpc) is 2.32. The molecule has 0 bridgehead atoms. The SMILES string of the molecule is Cc1ccc(C(Cl)Cc2ccc(F)cc2)c(F)c1. The Morgan fingerprint density at radius 2 is 1.72 bits per heavy atom.